The number of alkyl halides is 3. The summed E-state index contributed by atoms with van der Waals surface area (Å²) in [7, 11) is -2.36. The summed E-state index contributed by atoms with van der Waals surface area (Å²) < 4.78 is 55.8. The molecule has 0 amide bonds. The van der Waals surface area contributed by atoms with Gasteiger partial charge in [0.2, 0.25) is 0 Å². The van der Waals surface area contributed by atoms with E-state index in [1.54, 1.807) is 29.2 Å². The van der Waals surface area contributed by atoms with E-state index in [-0.39, 0.29) is 11.4 Å². The van der Waals surface area contributed by atoms with E-state index in [4.69, 9.17) is 0 Å². The van der Waals surface area contributed by atoms with Gasteiger partial charge in [-0.3, -0.25) is 8.78 Å². The summed E-state index contributed by atoms with van der Waals surface area (Å²) in [6, 6.07) is 20.4. The highest BCUT2D eigenvalue weighted by Gasteiger charge is 2.34. The number of thiophene rings is 1. The molecule has 0 fully saturated rings. The van der Waals surface area contributed by atoms with Gasteiger partial charge in [-0.1, -0.05) is 42.5 Å². The van der Waals surface area contributed by atoms with E-state index in [0.717, 1.165) is 28.3 Å². The summed E-state index contributed by atoms with van der Waals surface area (Å²) in [5, 5.41) is 3.94. The molecule has 0 N–H and O–H groups in total. The fourth-order valence-electron chi connectivity index (χ4n) is 4.20. The molecule has 0 saturated carbocycles. The number of benzene rings is 3. The second-order valence-corrected chi connectivity index (χ2v) is 12.1. The summed E-state index contributed by atoms with van der Waals surface area (Å²) in [6.45, 7) is 1.96. The van der Waals surface area contributed by atoms with Gasteiger partial charge in [-0.25, -0.2) is 4.98 Å². The second-order valence-electron chi connectivity index (χ2n) is 8.91. The maximum absolute atomic E-state index is 13.9. The van der Waals surface area contributed by atoms with Crippen LogP contribution in [0.3, 0.4) is 0 Å². The molecule has 3 nitrogen and oxygen atoms in total. The lowest BCUT2D eigenvalue weighted by atomic mass is 10.0. The largest absolute Gasteiger partial charge is 0.417 e. The van der Waals surface area contributed by atoms with Crippen LogP contribution in [0.2, 0.25) is 0 Å². The van der Waals surface area contributed by atoms with E-state index in [0.29, 0.717) is 16.3 Å². The van der Waals surface area contributed by atoms with Crippen molar-refractivity contribution in [1.29, 1.82) is 0 Å². The Labute approximate surface area is 217 Å². The van der Waals surface area contributed by atoms with Gasteiger partial charge in [0.25, 0.3) is 0 Å². The van der Waals surface area contributed by atoms with Crippen molar-refractivity contribution in [1.82, 2.24) is 9.55 Å². The zero-order valence-electron chi connectivity index (χ0n) is 20.1. The van der Waals surface area contributed by atoms with Gasteiger partial charge in [0.05, 0.1) is 11.3 Å². The third-order valence-electron chi connectivity index (χ3n) is 6.12. The summed E-state index contributed by atoms with van der Waals surface area (Å²) in [5.74, 6) is 3.97. The zero-order valence-corrected chi connectivity index (χ0v) is 21.8. The number of imidazole rings is 1. The van der Waals surface area contributed by atoms with E-state index < -0.39 is 21.3 Å². The quantitative estimate of drug-likeness (QED) is 0.214. The molecule has 0 aliphatic heterocycles. The van der Waals surface area contributed by atoms with E-state index >= 15 is 0 Å². The number of rotatable bonds is 5. The summed E-state index contributed by atoms with van der Waals surface area (Å²) in [4.78, 5) is 5.34. The molecule has 0 spiro atoms. The third kappa shape index (κ3) is 4.99. The van der Waals surface area contributed by atoms with Crippen LogP contribution < -0.4 is 0 Å². The Morgan fingerprint density at radius 1 is 0.919 bits per heavy atom. The van der Waals surface area contributed by atoms with Crippen molar-refractivity contribution < 1.29 is 17.4 Å². The first-order chi connectivity index (χ1) is 17.5. The van der Waals surface area contributed by atoms with Crippen molar-refractivity contribution in [2.24, 2.45) is 0 Å². The van der Waals surface area contributed by atoms with Crippen LogP contribution in [0.4, 0.5) is 13.2 Å². The number of hydrogen-bond donors (Lipinski definition) is 0. The number of aromatic nitrogens is 2. The Kier molecular flexibility index (Phi) is 6.33. The summed E-state index contributed by atoms with van der Waals surface area (Å²) >= 11 is 1.52. The fourth-order valence-corrected chi connectivity index (χ4v) is 5.79. The lowest BCUT2D eigenvalue weighted by Crippen LogP contribution is -2.08. The van der Waals surface area contributed by atoms with Crippen LogP contribution >= 0.6 is 11.3 Å². The molecule has 8 heteroatoms. The predicted molar refractivity (Wildman–Crippen MR) is 147 cm³/mol. The van der Waals surface area contributed by atoms with Crippen LogP contribution in [-0.4, -0.2) is 25.9 Å². The Morgan fingerprint density at radius 2 is 1.65 bits per heavy atom. The van der Waals surface area contributed by atoms with Crippen LogP contribution in [0.15, 0.2) is 94.6 Å². The molecule has 2 heterocycles. The Bertz CT molecular complexity index is 1700. The first-order valence-corrected chi connectivity index (χ1v) is 14.4. The lowest BCUT2D eigenvalue weighted by Gasteiger charge is -2.14. The first kappa shape index (κ1) is 25.0. The van der Waals surface area contributed by atoms with Crippen molar-refractivity contribution in [3.8, 4) is 39.5 Å². The summed E-state index contributed by atoms with van der Waals surface area (Å²) in [6.07, 6.45) is -1.14. The van der Waals surface area contributed by atoms with Crippen LogP contribution in [-0.2, 0) is 15.7 Å². The number of aryl methyl sites for hydroxylation is 1. The molecular formula is C29H23F3N2OS2. The minimum absolute atomic E-state index is 0.0130. The molecule has 0 saturated heterocycles. The molecular weight excluding hydrogens is 513 g/mol. The normalized spacial score (nSPS) is 13.4. The molecule has 0 aliphatic rings. The first-order valence-electron chi connectivity index (χ1n) is 11.3. The molecule has 0 bridgehead atoms. The molecule has 0 aliphatic carbocycles. The van der Waals surface area contributed by atoms with Crippen molar-refractivity contribution in [3.05, 3.63) is 101 Å². The van der Waals surface area contributed by atoms with Crippen molar-refractivity contribution in [2.75, 3.05) is 6.26 Å². The molecule has 5 rings (SSSR count). The SMILES string of the molecule is C=S(C)(=O)c1cccc(-c2ccc(-n3cc(-c4cscc4C)nc3-c3ccccc3C(F)(F)F)cc2)c1. The minimum atomic E-state index is -4.52. The highest BCUT2D eigenvalue weighted by Crippen LogP contribution is 2.39. The van der Waals surface area contributed by atoms with Gasteiger partial charge in [0.1, 0.15) is 5.82 Å². The molecule has 188 valence electrons. The average molecular weight is 537 g/mol. The maximum atomic E-state index is 13.9. The monoisotopic (exact) mass is 536 g/mol. The van der Waals surface area contributed by atoms with Crippen LogP contribution in [0, 0.1) is 6.92 Å². The van der Waals surface area contributed by atoms with Gasteiger partial charge in [0, 0.05) is 39.5 Å². The van der Waals surface area contributed by atoms with E-state index in [1.165, 1.54) is 23.5 Å². The highest BCUT2D eigenvalue weighted by atomic mass is 32.2. The Balaban J connectivity index is 1.64. The van der Waals surface area contributed by atoms with E-state index in [1.807, 2.05) is 60.1 Å². The van der Waals surface area contributed by atoms with Crippen LogP contribution in [0.5, 0.6) is 0 Å². The highest BCUT2D eigenvalue weighted by molar-refractivity contribution is 7.99. The molecule has 1 unspecified atom stereocenters. The van der Waals surface area contributed by atoms with Crippen molar-refractivity contribution >= 4 is 26.7 Å². The minimum Gasteiger partial charge on any atom is -0.299 e. The number of nitrogens with zero attached hydrogens (tertiary/aromatic N) is 2. The fraction of sp³-hybridized carbons (Fsp3) is 0.103. The smallest absolute Gasteiger partial charge is 0.299 e. The van der Waals surface area contributed by atoms with Gasteiger partial charge in [-0.2, -0.15) is 24.5 Å². The maximum Gasteiger partial charge on any atom is 0.417 e. The topological polar surface area (TPSA) is 34.9 Å². The molecule has 3 aromatic carbocycles. The number of hydrogen-bond acceptors (Lipinski definition) is 3. The van der Waals surface area contributed by atoms with Crippen molar-refractivity contribution in [3.63, 3.8) is 0 Å². The summed E-state index contributed by atoms with van der Waals surface area (Å²) in [5.41, 5.74) is 4.23. The van der Waals surface area contributed by atoms with Gasteiger partial charge >= 0.3 is 6.18 Å². The molecule has 37 heavy (non-hydrogen) atoms. The lowest BCUT2D eigenvalue weighted by molar-refractivity contribution is -0.137. The van der Waals surface area contributed by atoms with Crippen molar-refractivity contribution in [2.45, 2.75) is 18.0 Å². The molecule has 0 radical (unpaired) electrons. The zero-order chi connectivity index (χ0) is 26.4. The van der Waals surface area contributed by atoms with Crippen LogP contribution in [0.25, 0.3) is 39.5 Å². The van der Waals surface area contributed by atoms with E-state index in [2.05, 4.69) is 10.9 Å². The van der Waals surface area contributed by atoms with Gasteiger partial charge in [-0.05, 0) is 74.7 Å². The number of halogens is 3. The molecule has 5 aromatic rings. The Hall–Kier alpha value is -3.62. The van der Waals surface area contributed by atoms with Crippen LogP contribution in [0.1, 0.15) is 11.1 Å². The average Bonchev–Trinajstić information content (AvgIpc) is 3.49. The van der Waals surface area contributed by atoms with Gasteiger partial charge < -0.3 is 0 Å². The standard InChI is InChI=1S/C29H23F3N2OS2/c1-19-17-36-18-25(19)27-16-34(28(33-27)24-9-4-5-10-26(24)29(30,31)32)22-13-11-20(12-14-22)21-7-6-8-23(15-21)37(2,3)35/h4-18H,2H2,1,3H3. The van der Waals surface area contributed by atoms with E-state index in [9.17, 15) is 17.4 Å². The molecule has 2 aromatic heterocycles. The Morgan fingerprint density at radius 3 is 2.30 bits per heavy atom. The van der Waals surface area contributed by atoms with Gasteiger partial charge in [0.15, 0.2) is 0 Å². The predicted octanol–water partition coefficient (Wildman–Crippen LogP) is 7.97. The third-order valence-corrected chi connectivity index (χ3v) is 8.23. The van der Waals surface area contributed by atoms with Gasteiger partial charge in [-0.15, -0.1) is 0 Å². The molecule has 1 atom stereocenters. The second kappa shape index (κ2) is 9.36.